The Morgan fingerprint density at radius 3 is 2.65 bits per heavy atom. The van der Waals surface area contributed by atoms with Crippen molar-refractivity contribution < 1.29 is 8.42 Å². The Hall–Kier alpha value is -0.720. The molecule has 0 spiro atoms. The van der Waals surface area contributed by atoms with Crippen molar-refractivity contribution in [1.29, 1.82) is 0 Å². The van der Waals surface area contributed by atoms with Gasteiger partial charge in [-0.15, -0.1) is 0 Å². The van der Waals surface area contributed by atoms with Crippen LogP contribution in [-0.2, 0) is 10.0 Å². The van der Waals surface area contributed by atoms with Gasteiger partial charge in [0.05, 0.1) is 4.90 Å². The molecule has 1 aliphatic rings. The zero-order valence-electron chi connectivity index (χ0n) is 9.43. The second-order valence-corrected chi connectivity index (χ2v) is 6.89. The standard InChI is InChI=1S/C11H16N2O2S2/c12-17(14,15)11-3-1-2-10(8-11)13-9-4-6-16-7-5-9/h1-3,8-9,13H,4-7H2,(H2,12,14,15). The van der Waals surface area contributed by atoms with Crippen molar-refractivity contribution in [1.82, 2.24) is 0 Å². The Labute approximate surface area is 106 Å². The lowest BCUT2D eigenvalue weighted by molar-refractivity contribution is 0.597. The molecule has 0 aromatic heterocycles. The summed E-state index contributed by atoms with van der Waals surface area (Å²) in [6.45, 7) is 0. The summed E-state index contributed by atoms with van der Waals surface area (Å²) in [6, 6.07) is 7.12. The molecule has 0 bridgehead atoms. The number of primary sulfonamides is 1. The third kappa shape index (κ3) is 3.62. The van der Waals surface area contributed by atoms with E-state index in [1.54, 1.807) is 12.1 Å². The highest BCUT2D eigenvalue weighted by atomic mass is 32.2. The summed E-state index contributed by atoms with van der Waals surface area (Å²) in [7, 11) is -3.61. The van der Waals surface area contributed by atoms with Gasteiger partial charge in [-0.25, -0.2) is 13.6 Å². The number of hydrogen-bond donors (Lipinski definition) is 2. The molecule has 1 heterocycles. The number of sulfonamides is 1. The van der Waals surface area contributed by atoms with Gasteiger partial charge in [0.2, 0.25) is 10.0 Å². The fourth-order valence-electron chi connectivity index (χ4n) is 1.84. The van der Waals surface area contributed by atoms with Gasteiger partial charge < -0.3 is 5.32 Å². The van der Waals surface area contributed by atoms with E-state index in [1.165, 1.54) is 6.07 Å². The van der Waals surface area contributed by atoms with Gasteiger partial charge in [-0.05, 0) is 42.5 Å². The molecule has 17 heavy (non-hydrogen) atoms. The van der Waals surface area contributed by atoms with Gasteiger partial charge in [0.15, 0.2) is 0 Å². The van der Waals surface area contributed by atoms with Crippen LogP contribution >= 0.6 is 11.8 Å². The number of hydrogen-bond acceptors (Lipinski definition) is 4. The van der Waals surface area contributed by atoms with Crippen LogP contribution < -0.4 is 10.5 Å². The normalized spacial score (nSPS) is 17.9. The minimum Gasteiger partial charge on any atom is -0.382 e. The quantitative estimate of drug-likeness (QED) is 0.877. The van der Waals surface area contributed by atoms with Crippen LogP contribution in [0.2, 0.25) is 0 Å². The first-order chi connectivity index (χ1) is 8.05. The largest absolute Gasteiger partial charge is 0.382 e. The molecule has 1 fully saturated rings. The molecule has 0 unspecified atom stereocenters. The first-order valence-electron chi connectivity index (χ1n) is 5.53. The molecular formula is C11H16N2O2S2. The third-order valence-corrected chi connectivity index (χ3v) is 4.71. The topological polar surface area (TPSA) is 72.2 Å². The lowest BCUT2D eigenvalue weighted by Crippen LogP contribution is -2.24. The fourth-order valence-corrected chi connectivity index (χ4v) is 3.51. The van der Waals surface area contributed by atoms with Crippen LogP contribution in [0.3, 0.4) is 0 Å². The van der Waals surface area contributed by atoms with E-state index in [0.29, 0.717) is 6.04 Å². The molecular weight excluding hydrogens is 256 g/mol. The van der Waals surface area contributed by atoms with Crippen LogP contribution in [0.1, 0.15) is 12.8 Å². The summed E-state index contributed by atoms with van der Waals surface area (Å²) in [5.41, 5.74) is 0.827. The average Bonchev–Trinajstić information content (AvgIpc) is 2.29. The van der Waals surface area contributed by atoms with Gasteiger partial charge in [0, 0.05) is 11.7 Å². The van der Waals surface area contributed by atoms with Crippen LogP contribution in [-0.4, -0.2) is 26.0 Å². The molecule has 6 heteroatoms. The minimum atomic E-state index is -3.61. The predicted octanol–water partition coefficient (Wildman–Crippen LogP) is 1.64. The lowest BCUT2D eigenvalue weighted by atomic mass is 10.1. The molecule has 0 amide bonds. The molecule has 0 aliphatic carbocycles. The number of anilines is 1. The van der Waals surface area contributed by atoms with Gasteiger partial charge in [-0.3, -0.25) is 0 Å². The summed E-state index contributed by atoms with van der Waals surface area (Å²) in [5, 5.41) is 8.46. The monoisotopic (exact) mass is 272 g/mol. The Kier molecular flexibility index (Phi) is 3.96. The SMILES string of the molecule is NS(=O)(=O)c1cccc(NC2CCSCC2)c1. The summed E-state index contributed by atoms with van der Waals surface area (Å²) in [4.78, 5) is 0.160. The Balaban J connectivity index is 2.11. The molecule has 0 saturated carbocycles. The van der Waals surface area contributed by atoms with Gasteiger partial charge >= 0.3 is 0 Å². The van der Waals surface area contributed by atoms with E-state index in [0.717, 1.165) is 30.0 Å². The number of benzene rings is 1. The predicted molar refractivity (Wildman–Crippen MR) is 71.8 cm³/mol. The number of nitrogens with two attached hydrogens (primary N) is 1. The molecule has 1 aromatic rings. The summed E-state index contributed by atoms with van der Waals surface area (Å²) in [5.74, 6) is 2.32. The molecule has 1 saturated heterocycles. The highest BCUT2D eigenvalue weighted by molar-refractivity contribution is 7.99. The number of rotatable bonds is 3. The highest BCUT2D eigenvalue weighted by Crippen LogP contribution is 2.22. The van der Waals surface area contributed by atoms with Gasteiger partial charge in [0.1, 0.15) is 0 Å². The second kappa shape index (κ2) is 5.29. The van der Waals surface area contributed by atoms with E-state index < -0.39 is 10.0 Å². The number of thioether (sulfide) groups is 1. The summed E-state index contributed by atoms with van der Waals surface area (Å²) < 4.78 is 22.4. The zero-order chi connectivity index (χ0) is 12.3. The van der Waals surface area contributed by atoms with Gasteiger partial charge in [-0.2, -0.15) is 11.8 Å². The van der Waals surface area contributed by atoms with Crippen LogP contribution in [0.15, 0.2) is 29.2 Å². The summed E-state index contributed by atoms with van der Waals surface area (Å²) in [6.07, 6.45) is 2.23. The minimum absolute atomic E-state index is 0.160. The Morgan fingerprint density at radius 2 is 2.00 bits per heavy atom. The zero-order valence-corrected chi connectivity index (χ0v) is 11.1. The van der Waals surface area contributed by atoms with Crippen molar-refractivity contribution in [3.05, 3.63) is 24.3 Å². The Bertz CT molecular complexity index is 482. The number of nitrogens with one attached hydrogen (secondary N) is 1. The molecule has 94 valence electrons. The third-order valence-electron chi connectivity index (χ3n) is 2.75. The molecule has 1 aromatic carbocycles. The van der Waals surface area contributed by atoms with Crippen LogP contribution in [0.5, 0.6) is 0 Å². The molecule has 4 nitrogen and oxygen atoms in total. The lowest BCUT2D eigenvalue weighted by Gasteiger charge is -2.23. The first kappa shape index (κ1) is 12.7. The van der Waals surface area contributed by atoms with Crippen molar-refractivity contribution >= 4 is 27.5 Å². The first-order valence-corrected chi connectivity index (χ1v) is 8.23. The van der Waals surface area contributed by atoms with Crippen LogP contribution in [0.25, 0.3) is 0 Å². The average molecular weight is 272 g/mol. The summed E-state index contributed by atoms with van der Waals surface area (Å²) >= 11 is 1.96. The van der Waals surface area contributed by atoms with Crippen molar-refractivity contribution in [2.75, 3.05) is 16.8 Å². The maximum absolute atomic E-state index is 11.2. The maximum Gasteiger partial charge on any atom is 0.238 e. The van der Waals surface area contributed by atoms with E-state index in [1.807, 2.05) is 17.8 Å². The van der Waals surface area contributed by atoms with E-state index in [4.69, 9.17) is 5.14 Å². The molecule has 3 N–H and O–H groups in total. The van der Waals surface area contributed by atoms with Crippen LogP contribution in [0.4, 0.5) is 5.69 Å². The molecule has 2 rings (SSSR count). The van der Waals surface area contributed by atoms with Crippen molar-refractivity contribution in [2.24, 2.45) is 5.14 Å². The maximum atomic E-state index is 11.2. The smallest absolute Gasteiger partial charge is 0.238 e. The van der Waals surface area contributed by atoms with Gasteiger partial charge in [-0.1, -0.05) is 6.07 Å². The van der Waals surface area contributed by atoms with E-state index in [-0.39, 0.29) is 4.90 Å². The fraction of sp³-hybridized carbons (Fsp3) is 0.455. The van der Waals surface area contributed by atoms with Crippen molar-refractivity contribution in [3.8, 4) is 0 Å². The van der Waals surface area contributed by atoms with E-state index >= 15 is 0 Å². The molecule has 1 aliphatic heterocycles. The van der Waals surface area contributed by atoms with Crippen LogP contribution in [0, 0.1) is 0 Å². The van der Waals surface area contributed by atoms with E-state index in [2.05, 4.69) is 5.32 Å². The van der Waals surface area contributed by atoms with Crippen molar-refractivity contribution in [3.63, 3.8) is 0 Å². The Morgan fingerprint density at radius 1 is 1.29 bits per heavy atom. The van der Waals surface area contributed by atoms with E-state index in [9.17, 15) is 8.42 Å². The van der Waals surface area contributed by atoms with Gasteiger partial charge in [0.25, 0.3) is 0 Å². The second-order valence-electron chi connectivity index (χ2n) is 4.10. The van der Waals surface area contributed by atoms with Crippen molar-refractivity contribution in [2.45, 2.75) is 23.8 Å². The highest BCUT2D eigenvalue weighted by Gasteiger charge is 2.14. The molecule has 0 radical (unpaired) electrons. The molecule has 0 atom stereocenters.